The van der Waals surface area contributed by atoms with E-state index in [0.29, 0.717) is 25.7 Å². The first kappa shape index (κ1) is 26.5. The number of hydrogen-bond donors (Lipinski definition) is 1. The van der Waals surface area contributed by atoms with Gasteiger partial charge in [0.2, 0.25) is 0 Å². The Morgan fingerprint density at radius 2 is 1.81 bits per heavy atom. The summed E-state index contributed by atoms with van der Waals surface area (Å²) in [5.74, 6) is -0.650. The van der Waals surface area contributed by atoms with Crippen molar-refractivity contribution in [2.24, 2.45) is 0 Å². The van der Waals surface area contributed by atoms with Gasteiger partial charge in [0.05, 0.1) is 22.6 Å². The summed E-state index contributed by atoms with van der Waals surface area (Å²) in [4.78, 5) is 12.6. The maximum atomic E-state index is 13.3. The van der Waals surface area contributed by atoms with Gasteiger partial charge in [-0.1, -0.05) is 40.9 Å². The van der Waals surface area contributed by atoms with Gasteiger partial charge in [-0.25, -0.2) is 17.6 Å². The highest BCUT2D eigenvalue weighted by Crippen LogP contribution is 2.35. The fraction of sp³-hybridized carbons (Fsp3) is 0.190. The van der Waals surface area contributed by atoms with Gasteiger partial charge in [-0.15, -0.1) is 0 Å². The molecule has 3 aromatic heterocycles. The van der Waals surface area contributed by atoms with E-state index in [-0.39, 0.29) is 17.3 Å². The minimum atomic E-state index is -3.15. The van der Waals surface area contributed by atoms with Crippen molar-refractivity contribution in [2.45, 2.75) is 25.9 Å². The number of rotatable bonds is 8. The Bertz CT molecular complexity index is 1420. The molecule has 15 heteroatoms. The van der Waals surface area contributed by atoms with Gasteiger partial charge in [0, 0.05) is 16.2 Å². The van der Waals surface area contributed by atoms with Gasteiger partial charge in [0.15, 0.2) is 11.6 Å². The summed E-state index contributed by atoms with van der Waals surface area (Å²) in [6.45, 7) is -0.144. The van der Waals surface area contributed by atoms with Crippen molar-refractivity contribution < 1.29 is 26.8 Å². The van der Waals surface area contributed by atoms with Crippen LogP contribution in [0.3, 0.4) is 0 Å². The molecule has 1 N–H and O–H groups in total. The zero-order valence-corrected chi connectivity index (χ0v) is 21.5. The van der Waals surface area contributed by atoms with E-state index in [0.717, 1.165) is 5.56 Å². The number of hydrogen-bond acceptors (Lipinski definition) is 4. The Hall–Kier alpha value is -2.54. The van der Waals surface area contributed by atoms with Crippen molar-refractivity contribution in [1.82, 2.24) is 19.6 Å². The summed E-state index contributed by atoms with van der Waals surface area (Å²) in [5.41, 5.74) is -1.08. The number of nitrogens with zero attached hydrogens (tertiary/aromatic N) is 4. The second-order valence-electron chi connectivity index (χ2n) is 7.32. The molecule has 0 spiro atoms. The zero-order valence-electron chi connectivity index (χ0n) is 17.7. The predicted molar refractivity (Wildman–Crippen MR) is 128 cm³/mol. The Kier molecular flexibility index (Phi) is 7.98. The van der Waals surface area contributed by atoms with Crippen LogP contribution in [0, 0.1) is 0 Å². The number of carbonyl (C=O) groups is 1. The molecule has 0 atom stereocenters. The van der Waals surface area contributed by atoms with Crippen molar-refractivity contribution in [3.63, 3.8) is 0 Å². The molecule has 3 heterocycles. The number of nitrogens with one attached hydrogen (secondary N) is 1. The lowest BCUT2D eigenvalue weighted by molar-refractivity contribution is 0.0993. The third-order valence-corrected chi connectivity index (χ3v) is 6.41. The second-order valence-corrected chi connectivity index (χ2v) is 9.40. The van der Waals surface area contributed by atoms with E-state index in [1.807, 2.05) is 0 Å². The van der Waals surface area contributed by atoms with Gasteiger partial charge < -0.3 is 9.73 Å². The smallest absolute Gasteiger partial charge is 0.292 e. The molecule has 0 saturated heterocycles. The van der Waals surface area contributed by atoms with Crippen molar-refractivity contribution in [2.75, 3.05) is 5.32 Å². The molecule has 0 saturated carbocycles. The fourth-order valence-corrected chi connectivity index (χ4v) is 4.41. The van der Waals surface area contributed by atoms with Crippen molar-refractivity contribution in [3.8, 4) is 0 Å². The SMILES string of the molecule is O=C(Nc1nn(Cc2ccc(Cl)cc2Cl)cc1Br)c1ccc(Cn2nc(C(F)F)c(Cl)c2C(F)F)o1. The molecule has 0 aliphatic rings. The third-order valence-electron chi connectivity index (χ3n) is 4.86. The zero-order chi connectivity index (χ0) is 26.1. The average Bonchev–Trinajstić information content (AvgIpc) is 3.48. The first-order chi connectivity index (χ1) is 17.0. The topological polar surface area (TPSA) is 77.9 Å². The van der Waals surface area contributed by atoms with Crippen LogP contribution in [0.25, 0.3) is 0 Å². The molecular formula is C21H13BrCl3F4N5O2. The van der Waals surface area contributed by atoms with Crippen molar-refractivity contribution in [3.05, 3.63) is 84.5 Å². The molecular weight excluding hydrogens is 617 g/mol. The standard InChI is InChI=1S/C21H13BrCl3F4N5O2/c22-12-8-33(6-9-1-2-10(23)5-13(9)24)32-20(12)30-21(35)14-4-3-11(36-14)7-34-17(19(28)29)15(25)16(31-34)18(26)27/h1-5,8,18-19H,6-7H2,(H,30,32,35). The quantitative estimate of drug-likeness (QED) is 0.204. The van der Waals surface area contributed by atoms with E-state index in [1.54, 1.807) is 24.4 Å². The van der Waals surface area contributed by atoms with Crippen LogP contribution in [0.4, 0.5) is 23.4 Å². The maximum absolute atomic E-state index is 13.3. The number of benzene rings is 1. The minimum absolute atomic E-state index is 0.0176. The molecule has 190 valence electrons. The highest BCUT2D eigenvalue weighted by atomic mass is 79.9. The number of aromatic nitrogens is 4. The van der Waals surface area contributed by atoms with Gasteiger partial charge >= 0.3 is 0 Å². The largest absolute Gasteiger partial charge is 0.454 e. The summed E-state index contributed by atoms with van der Waals surface area (Å²) in [7, 11) is 0. The molecule has 36 heavy (non-hydrogen) atoms. The van der Waals surface area contributed by atoms with E-state index < -0.39 is 41.7 Å². The molecule has 1 amide bonds. The number of anilines is 1. The van der Waals surface area contributed by atoms with Gasteiger partial charge in [-0.3, -0.25) is 14.2 Å². The number of amides is 1. The van der Waals surface area contributed by atoms with E-state index >= 15 is 0 Å². The van der Waals surface area contributed by atoms with Gasteiger partial charge in [0.25, 0.3) is 18.8 Å². The minimum Gasteiger partial charge on any atom is -0.454 e. The maximum Gasteiger partial charge on any atom is 0.292 e. The van der Waals surface area contributed by atoms with E-state index in [9.17, 15) is 22.4 Å². The highest BCUT2D eigenvalue weighted by molar-refractivity contribution is 9.10. The number of furan rings is 1. The summed E-state index contributed by atoms with van der Waals surface area (Å²) in [6.07, 6.45) is -4.66. The Morgan fingerprint density at radius 1 is 1.06 bits per heavy atom. The van der Waals surface area contributed by atoms with Gasteiger partial charge in [-0.2, -0.15) is 10.2 Å². The normalized spacial score (nSPS) is 11.6. The van der Waals surface area contributed by atoms with Gasteiger partial charge in [-0.05, 0) is 45.8 Å². The Labute approximate surface area is 224 Å². The number of halogens is 8. The van der Waals surface area contributed by atoms with Gasteiger partial charge in [0.1, 0.15) is 17.1 Å². The Balaban J connectivity index is 1.47. The van der Waals surface area contributed by atoms with Crippen molar-refractivity contribution in [1.29, 1.82) is 0 Å². The van der Waals surface area contributed by atoms with Crippen LogP contribution in [0.5, 0.6) is 0 Å². The molecule has 4 aromatic rings. The lowest BCUT2D eigenvalue weighted by atomic mass is 10.2. The molecule has 0 aliphatic heterocycles. The summed E-state index contributed by atoms with van der Waals surface area (Å²) in [5, 5.41) is 10.5. The molecule has 0 bridgehead atoms. The highest BCUT2D eigenvalue weighted by Gasteiger charge is 2.28. The van der Waals surface area contributed by atoms with E-state index in [2.05, 4.69) is 31.4 Å². The molecule has 7 nitrogen and oxygen atoms in total. The van der Waals surface area contributed by atoms with Crippen LogP contribution in [0.15, 0.2) is 45.4 Å². The van der Waals surface area contributed by atoms with Crippen molar-refractivity contribution >= 4 is 62.5 Å². The first-order valence-electron chi connectivity index (χ1n) is 9.92. The Morgan fingerprint density at radius 3 is 2.47 bits per heavy atom. The van der Waals surface area contributed by atoms with Crippen LogP contribution in [0.2, 0.25) is 15.1 Å². The number of carbonyl (C=O) groups excluding carboxylic acids is 1. The van der Waals surface area contributed by atoms with Crippen LogP contribution in [-0.4, -0.2) is 25.5 Å². The number of alkyl halides is 4. The van der Waals surface area contributed by atoms with Crippen LogP contribution >= 0.6 is 50.7 Å². The van der Waals surface area contributed by atoms with E-state index in [1.165, 1.54) is 16.8 Å². The summed E-state index contributed by atoms with van der Waals surface area (Å²) < 4.78 is 60.8. The third kappa shape index (κ3) is 5.72. The molecule has 0 unspecified atom stereocenters. The van der Waals surface area contributed by atoms with Crippen LogP contribution in [-0.2, 0) is 13.1 Å². The van der Waals surface area contributed by atoms with Crippen LogP contribution < -0.4 is 5.32 Å². The summed E-state index contributed by atoms with van der Waals surface area (Å²) >= 11 is 21.1. The predicted octanol–water partition coefficient (Wildman–Crippen LogP) is 7.62. The van der Waals surface area contributed by atoms with Crippen LogP contribution in [0.1, 0.15) is 46.1 Å². The van der Waals surface area contributed by atoms with E-state index in [4.69, 9.17) is 39.2 Å². The molecule has 1 aromatic carbocycles. The molecule has 4 rings (SSSR count). The monoisotopic (exact) mass is 627 g/mol. The molecule has 0 fully saturated rings. The molecule has 0 aliphatic carbocycles. The average molecular weight is 630 g/mol. The molecule has 0 radical (unpaired) electrons. The fourth-order valence-electron chi connectivity index (χ4n) is 3.23. The lowest BCUT2D eigenvalue weighted by Gasteiger charge is -2.05. The lowest BCUT2D eigenvalue weighted by Crippen LogP contribution is -2.12. The first-order valence-corrected chi connectivity index (χ1v) is 11.9. The summed E-state index contributed by atoms with van der Waals surface area (Å²) in [6, 6.07) is 7.67. The second kappa shape index (κ2) is 10.8.